The van der Waals surface area contributed by atoms with Gasteiger partial charge in [-0.05, 0) is 89.4 Å². The summed E-state index contributed by atoms with van der Waals surface area (Å²) in [6.07, 6.45) is 2.24. The average Bonchev–Trinajstić information content (AvgIpc) is 3.92. The van der Waals surface area contributed by atoms with Crippen molar-refractivity contribution in [2.24, 2.45) is 0 Å². The molecule has 1 aliphatic carbocycles. The van der Waals surface area contributed by atoms with Crippen LogP contribution in [-0.2, 0) is 10.8 Å². The second kappa shape index (κ2) is 12.2. The Bertz CT molecular complexity index is 3500. The molecule has 0 N–H and O–H groups in total. The molecule has 6 heteroatoms. The van der Waals surface area contributed by atoms with E-state index in [0.29, 0.717) is 17.6 Å². The van der Waals surface area contributed by atoms with Crippen LogP contribution < -0.4 is 0 Å². The molecule has 0 spiro atoms. The summed E-state index contributed by atoms with van der Waals surface area (Å²) in [5, 5.41) is 6.98. The van der Waals surface area contributed by atoms with Crippen molar-refractivity contribution in [3.8, 4) is 34.4 Å². The van der Waals surface area contributed by atoms with Crippen LogP contribution in [0.25, 0.3) is 100.0 Å². The Morgan fingerprint density at radius 3 is 1.86 bits per heavy atom. The number of hydrogen-bond donors (Lipinski definition) is 0. The predicted molar refractivity (Wildman–Crippen MR) is 242 cm³/mol. The number of hydrogen-bond acceptors (Lipinski definition) is 4. The van der Waals surface area contributed by atoms with E-state index in [4.69, 9.17) is 19.4 Å². The minimum Gasteiger partial charge on any atom is -0.456 e. The van der Waals surface area contributed by atoms with E-state index >= 15 is 0 Å². The lowest BCUT2D eigenvalue weighted by Crippen LogP contribution is -2.33. The molecular weight excluding hydrogens is 723 g/mol. The van der Waals surface area contributed by atoms with Gasteiger partial charge in [0.1, 0.15) is 11.2 Å². The molecule has 0 bridgehead atoms. The Morgan fingerprint density at radius 2 is 1.08 bits per heavy atom. The highest BCUT2D eigenvalue weighted by molar-refractivity contribution is 6.26. The Kier molecular flexibility index (Phi) is 7.05. The zero-order valence-corrected chi connectivity index (χ0v) is 33.5. The number of furan rings is 1. The van der Waals surface area contributed by atoms with E-state index in [1.54, 1.807) is 0 Å². The highest BCUT2D eigenvalue weighted by atomic mass is 16.3. The van der Waals surface area contributed by atoms with Crippen molar-refractivity contribution in [1.82, 2.24) is 24.1 Å². The Hall–Kier alpha value is -7.05. The molecule has 59 heavy (non-hydrogen) atoms. The van der Waals surface area contributed by atoms with Crippen molar-refractivity contribution in [1.29, 1.82) is 0 Å². The predicted octanol–water partition coefficient (Wildman–Crippen LogP) is 13.6. The maximum Gasteiger partial charge on any atom is 0.238 e. The van der Waals surface area contributed by atoms with E-state index in [1.165, 1.54) is 43.7 Å². The molecule has 4 heterocycles. The second-order valence-electron chi connectivity index (χ2n) is 17.5. The number of nitrogens with zero attached hydrogens (tertiary/aromatic N) is 5. The van der Waals surface area contributed by atoms with Gasteiger partial charge in [0.15, 0.2) is 11.6 Å². The molecule has 0 amide bonds. The van der Waals surface area contributed by atoms with Crippen molar-refractivity contribution in [3.63, 3.8) is 0 Å². The average molecular weight is 764 g/mol. The third-order valence-corrected chi connectivity index (χ3v) is 13.0. The highest BCUT2D eigenvalue weighted by Crippen LogP contribution is 2.50. The molecule has 7 aromatic carbocycles. The van der Waals surface area contributed by atoms with Gasteiger partial charge >= 0.3 is 0 Å². The molecule has 0 atom stereocenters. The van der Waals surface area contributed by atoms with Gasteiger partial charge in [-0.25, -0.2) is 4.98 Å². The van der Waals surface area contributed by atoms with Gasteiger partial charge in [0.2, 0.25) is 5.95 Å². The maximum absolute atomic E-state index is 6.37. The zero-order chi connectivity index (χ0) is 39.6. The normalized spacial score (nSPS) is 14.9. The van der Waals surface area contributed by atoms with Crippen LogP contribution in [0, 0.1) is 0 Å². The van der Waals surface area contributed by atoms with Gasteiger partial charge in [0.25, 0.3) is 0 Å². The molecule has 0 saturated heterocycles. The van der Waals surface area contributed by atoms with Crippen molar-refractivity contribution in [3.05, 3.63) is 163 Å². The smallest absolute Gasteiger partial charge is 0.238 e. The summed E-state index contributed by atoms with van der Waals surface area (Å²) in [7, 11) is 0. The fourth-order valence-corrected chi connectivity index (χ4v) is 9.85. The van der Waals surface area contributed by atoms with E-state index in [9.17, 15) is 0 Å². The molecule has 284 valence electrons. The van der Waals surface area contributed by atoms with Crippen LogP contribution in [-0.4, -0.2) is 24.1 Å². The standard InChI is InChI=1S/C53H41N5O/c1-52(2)27-28-53(3,4)41-31-44-39(30-40(41)52)47-43(26-25-38-35-19-11-13-21-42(35)57(48(38)47)34-17-9-6-10-18-34)58(44)51-55-49(32-15-7-5-8-16-32)54-50(56-51)33-23-24-37-36-20-12-14-22-45(36)59-46(37)29-33/h5-26,29-31H,27-28H2,1-4H3. The minimum absolute atomic E-state index is 0.00393. The zero-order valence-electron chi connectivity index (χ0n) is 33.5. The Balaban J connectivity index is 1.23. The summed E-state index contributed by atoms with van der Waals surface area (Å²) in [6, 6.07) is 53.8. The van der Waals surface area contributed by atoms with Crippen LogP contribution in [0.5, 0.6) is 0 Å². The molecule has 0 fully saturated rings. The topological polar surface area (TPSA) is 61.7 Å². The number of benzene rings is 7. The first-order valence-electron chi connectivity index (χ1n) is 20.6. The van der Waals surface area contributed by atoms with Crippen LogP contribution >= 0.6 is 0 Å². The highest BCUT2D eigenvalue weighted by Gasteiger charge is 2.38. The number of rotatable bonds is 4. The van der Waals surface area contributed by atoms with Crippen molar-refractivity contribution in [2.45, 2.75) is 51.4 Å². The number of para-hydroxylation sites is 3. The fourth-order valence-electron chi connectivity index (χ4n) is 9.85. The molecule has 0 radical (unpaired) electrons. The van der Waals surface area contributed by atoms with Crippen molar-refractivity contribution < 1.29 is 4.42 Å². The van der Waals surface area contributed by atoms with Gasteiger partial charge in [-0.3, -0.25) is 4.57 Å². The molecule has 0 saturated carbocycles. The van der Waals surface area contributed by atoms with E-state index in [0.717, 1.165) is 62.6 Å². The number of fused-ring (bicyclic) bond motifs is 11. The van der Waals surface area contributed by atoms with Crippen molar-refractivity contribution >= 4 is 65.6 Å². The lowest BCUT2D eigenvalue weighted by Gasteiger charge is -2.42. The van der Waals surface area contributed by atoms with Gasteiger partial charge in [-0.15, -0.1) is 0 Å². The summed E-state index contributed by atoms with van der Waals surface area (Å²) in [5.41, 5.74) is 11.9. The Morgan fingerprint density at radius 1 is 0.458 bits per heavy atom. The lowest BCUT2D eigenvalue weighted by molar-refractivity contribution is 0.332. The van der Waals surface area contributed by atoms with Crippen LogP contribution in [0.3, 0.4) is 0 Å². The second-order valence-corrected chi connectivity index (χ2v) is 17.5. The maximum atomic E-state index is 6.37. The van der Waals surface area contributed by atoms with Gasteiger partial charge < -0.3 is 8.98 Å². The minimum atomic E-state index is -0.00393. The van der Waals surface area contributed by atoms with E-state index in [2.05, 4.69) is 152 Å². The molecular formula is C53H41N5O. The third kappa shape index (κ3) is 5.02. The first kappa shape index (κ1) is 34.0. The fraction of sp³-hybridized carbons (Fsp3) is 0.151. The summed E-state index contributed by atoms with van der Waals surface area (Å²) in [6.45, 7) is 9.61. The number of aromatic nitrogens is 5. The lowest BCUT2D eigenvalue weighted by atomic mass is 9.63. The van der Waals surface area contributed by atoms with Crippen LogP contribution in [0.2, 0.25) is 0 Å². The third-order valence-electron chi connectivity index (χ3n) is 13.0. The van der Waals surface area contributed by atoms with Gasteiger partial charge in [-0.1, -0.05) is 125 Å². The Labute approximate surface area is 341 Å². The SMILES string of the molecule is CC1(C)CCC(C)(C)c2cc3c(cc21)c1c(ccc2c4ccccc4n(-c4ccccc4)c21)n3-c1nc(-c2ccccc2)nc(-c2ccc3c(c2)oc2ccccc23)n1. The molecule has 6 nitrogen and oxygen atoms in total. The van der Waals surface area contributed by atoms with Crippen LogP contribution in [0.1, 0.15) is 51.7 Å². The summed E-state index contributed by atoms with van der Waals surface area (Å²) >= 11 is 0. The van der Waals surface area contributed by atoms with Gasteiger partial charge in [0.05, 0.1) is 22.1 Å². The van der Waals surface area contributed by atoms with Crippen LogP contribution in [0.4, 0.5) is 0 Å². The molecule has 4 aromatic heterocycles. The van der Waals surface area contributed by atoms with E-state index < -0.39 is 0 Å². The molecule has 0 aliphatic heterocycles. The van der Waals surface area contributed by atoms with Gasteiger partial charge in [0, 0.05) is 49.1 Å². The van der Waals surface area contributed by atoms with E-state index in [1.807, 2.05) is 36.4 Å². The molecule has 11 aromatic rings. The first-order valence-corrected chi connectivity index (χ1v) is 20.6. The van der Waals surface area contributed by atoms with Crippen molar-refractivity contribution in [2.75, 3.05) is 0 Å². The monoisotopic (exact) mass is 763 g/mol. The largest absolute Gasteiger partial charge is 0.456 e. The van der Waals surface area contributed by atoms with Crippen LogP contribution in [0.15, 0.2) is 156 Å². The molecule has 12 rings (SSSR count). The molecule has 1 aliphatic rings. The summed E-state index contributed by atoms with van der Waals surface area (Å²) in [4.78, 5) is 15.9. The van der Waals surface area contributed by atoms with E-state index in [-0.39, 0.29) is 10.8 Å². The molecule has 0 unspecified atom stereocenters. The summed E-state index contributed by atoms with van der Waals surface area (Å²) < 4.78 is 11.1. The summed E-state index contributed by atoms with van der Waals surface area (Å²) in [5.74, 6) is 1.78. The quantitative estimate of drug-likeness (QED) is 0.179. The van der Waals surface area contributed by atoms with Gasteiger partial charge in [-0.2, -0.15) is 9.97 Å². The first-order chi connectivity index (χ1) is 28.7.